The van der Waals surface area contributed by atoms with Crippen LogP contribution in [-0.4, -0.2) is 36.5 Å². The van der Waals surface area contributed by atoms with Crippen LogP contribution in [0.2, 0.25) is 5.02 Å². The molecule has 1 fully saturated rings. The number of anilines is 1. The molecule has 0 aromatic heterocycles. The first-order valence-electron chi connectivity index (χ1n) is 7.08. The Bertz CT molecular complexity index is 439. The van der Waals surface area contributed by atoms with Crippen molar-refractivity contribution >= 4 is 23.2 Å². The van der Waals surface area contributed by atoms with Crippen LogP contribution in [0.5, 0.6) is 0 Å². The summed E-state index contributed by atoms with van der Waals surface area (Å²) in [6.45, 7) is 4.39. The Morgan fingerprint density at radius 1 is 1.40 bits per heavy atom. The number of hydrogen-bond acceptors (Lipinski definition) is 3. The number of nitrogens with two attached hydrogens (primary N) is 1. The van der Waals surface area contributed by atoms with E-state index in [0.717, 1.165) is 31.6 Å². The molecule has 20 heavy (non-hydrogen) atoms. The Kier molecular flexibility index (Phi) is 5.40. The molecule has 2 rings (SSSR count). The summed E-state index contributed by atoms with van der Waals surface area (Å²) in [6.07, 6.45) is 2.15. The molecule has 1 aromatic rings. The molecule has 5 heteroatoms. The lowest BCUT2D eigenvalue weighted by Crippen LogP contribution is -2.42. The number of hydrogen-bond donors (Lipinski definition) is 2. The highest BCUT2D eigenvalue weighted by atomic mass is 35.5. The standard InChI is InChI=1S/C15H22ClN3O/c1-11(17)12-6-8-19(9-7-12)10-15(20)18-14-4-2-13(16)3-5-14/h2-5,11-12H,6-10,17H2,1H3,(H,18,20). The zero-order chi connectivity index (χ0) is 14.5. The number of nitrogens with zero attached hydrogens (tertiary/aromatic N) is 1. The van der Waals surface area contributed by atoms with Crippen molar-refractivity contribution in [3.05, 3.63) is 29.3 Å². The molecule has 0 saturated carbocycles. The van der Waals surface area contributed by atoms with Crippen LogP contribution in [0.15, 0.2) is 24.3 Å². The number of halogens is 1. The van der Waals surface area contributed by atoms with Gasteiger partial charge in [0.25, 0.3) is 0 Å². The summed E-state index contributed by atoms with van der Waals surface area (Å²) in [5.41, 5.74) is 6.70. The second-order valence-electron chi connectivity index (χ2n) is 5.53. The molecule has 0 spiro atoms. The van der Waals surface area contributed by atoms with Crippen molar-refractivity contribution in [2.75, 3.05) is 25.0 Å². The average molecular weight is 296 g/mol. The van der Waals surface area contributed by atoms with E-state index < -0.39 is 0 Å². The number of nitrogens with one attached hydrogen (secondary N) is 1. The molecule has 110 valence electrons. The molecule has 0 aliphatic carbocycles. The quantitative estimate of drug-likeness (QED) is 0.896. The van der Waals surface area contributed by atoms with Crippen molar-refractivity contribution in [3.8, 4) is 0 Å². The van der Waals surface area contributed by atoms with Gasteiger partial charge in [-0.1, -0.05) is 11.6 Å². The number of piperidine rings is 1. The maximum Gasteiger partial charge on any atom is 0.238 e. The van der Waals surface area contributed by atoms with Gasteiger partial charge in [-0.25, -0.2) is 0 Å². The van der Waals surface area contributed by atoms with Crippen LogP contribution in [0.3, 0.4) is 0 Å². The van der Waals surface area contributed by atoms with Gasteiger partial charge in [0.2, 0.25) is 5.91 Å². The van der Waals surface area contributed by atoms with Gasteiger partial charge in [0.05, 0.1) is 6.54 Å². The summed E-state index contributed by atoms with van der Waals surface area (Å²) >= 11 is 5.81. The van der Waals surface area contributed by atoms with Crippen molar-refractivity contribution in [1.29, 1.82) is 0 Å². The van der Waals surface area contributed by atoms with Crippen molar-refractivity contribution in [2.24, 2.45) is 11.7 Å². The predicted octanol–water partition coefficient (Wildman–Crippen LogP) is 2.34. The molecular formula is C15H22ClN3O. The van der Waals surface area contributed by atoms with Crippen LogP contribution in [0.25, 0.3) is 0 Å². The summed E-state index contributed by atoms with van der Waals surface area (Å²) < 4.78 is 0. The summed E-state index contributed by atoms with van der Waals surface area (Å²) in [7, 11) is 0. The monoisotopic (exact) mass is 295 g/mol. The van der Waals surface area contributed by atoms with Crippen molar-refractivity contribution in [3.63, 3.8) is 0 Å². The first-order valence-corrected chi connectivity index (χ1v) is 7.46. The average Bonchev–Trinajstić information content (AvgIpc) is 2.42. The third kappa shape index (κ3) is 4.47. The van der Waals surface area contributed by atoms with E-state index in [1.54, 1.807) is 12.1 Å². The minimum absolute atomic E-state index is 0.0200. The van der Waals surface area contributed by atoms with Crippen molar-refractivity contribution in [1.82, 2.24) is 4.90 Å². The minimum atomic E-state index is 0.0200. The molecule has 3 N–H and O–H groups in total. The van der Waals surface area contributed by atoms with E-state index in [1.807, 2.05) is 12.1 Å². The third-order valence-corrected chi connectivity index (χ3v) is 4.12. The summed E-state index contributed by atoms with van der Waals surface area (Å²) in [6, 6.07) is 7.40. The fourth-order valence-electron chi connectivity index (χ4n) is 2.57. The van der Waals surface area contributed by atoms with E-state index >= 15 is 0 Å². The second-order valence-corrected chi connectivity index (χ2v) is 5.96. The lowest BCUT2D eigenvalue weighted by Gasteiger charge is -2.33. The number of carbonyl (C=O) groups is 1. The smallest absolute Gasteiger partial charge is 0.238 e. The number of carbonyl (C=O) groups excluding carboxylic acids is 1. The Labute approximate surface area is 125 Å². The van der Waals surface area contributed by atoms with Gasteiger partial charge in [-0.05, 0) is 63.0 Å². The molecule has 1 aromatic carbocycles. The topological polar surface area (TPSA) is 58.4 Å². The van der Waals surface area contributed by atoms with Gasteiger partial charge in [0, 0.05) is 16.8 Å². The fourth-order valence-corrected chi connectivity index (χ4v) is 2.70. The van der Waals surface area contributed by atoms with E-state index in [-0.39, 0.29) is 11.9 Å². The number of rotatable bonds is 4. The zero-order valence-corrected chi connectivity index (χ0v) is 12.6. The van der Waals surface area contributed by atoms with Crippen LogP contribution in [0, 0.1) is 5.92 Å². The molecule has 4 nitrogen and oxygen atoms in total. The van der Waals surface area contributed by atoms with Crippen LogP contribution in [0.1, 0.15) is 19.8 Å². The molecule has 0 radical (unpaired) electrons. The Morgan fingerprint density at radius 3 is 2.55 bits per heavy atom. The van der Waals surface area contributed by atoms with Crippen molar-refractivity contribution < 1.29 is 4.79 Å². The van der Waals surface area contributed by atoms with Gasteiger partial charge >= 0.3 is 0 Å². The molecule has 1 amide bonds. The van der Waals surface area contributed by atoms with Crippen LogP contribution >= 0.6 is 11.6 Å². The first kappa shape index (κ1) is 15.3. The van der Waals surface area contributed by atoms with Gasteiger partial charge < -0.3 is 11.1 Å². The molecule has 1 saturated heterocycles. The van der Waals surface area contributed by atoms with Gasteiger partial charge in [0.15, 0.2) is 0 Å². The first-order chi connectivity index (χ1) is 9.54. The predicted molar refractivity (Wildman–Crippen MR) is 82.9 cm³/mol. The molecular weight excluding hydrogens is 274 g/mol. The lowest BCUT2D eigenvalue weighted by molar-refractivity contribution is -0.117. The highest BCUT2D eigenvalue weighted by Gasteiger charge is 2.22. The minimum Gasteiger partial charge on any atom is -0.328 e. The number of likely N-dealkylation sites (tertiary alicyclic amines) is 1. The van der Waals surface area contributed by atoms with Gasteiger partial charge in [-0.2, -0.15) is 0 Å². The Hall–Kier alpha value is -1.10. The maximum atomic E-state index is 12.0. The van der Waals surface area contributed by atoms with E-state index in [1.165, 1.54) is 0 Å². The van der Waals surface area contributed by atoms with Crippen LogP contribution < -0.4 is 11.1 Å². The van der Waals surface area contributed by atoms with Gasteiger partial charge in [-0.3, -0.25) is 9.69 Å². The molecule has 1 unspecified atom stereocenters. The van der Waals surface area contributed by atoms with Crippen LogP contribution in [-0.2, 0) is 4.79 Å². The van der Waals surface area contributed by atoms with Crippen molar-refractivity contribution in [2.45, 2.75) is 25.8 Å². The van der Waals surface area contributed by atoms with E-state index in [9.17, 15) is 4.79 Å². The zero-order valence-electron chi connectivity index (χ0n) is 11.8. The Morgan fingerprint density at radius 2 is 2.00 bits per heavy atom. The summed E-state index contributed by atoms with van der Waals surface area (Å²) in [4.78, 5) is 14.2. The SMILES string of the molecule is CC(N)C1CCN(CC(=O)Nc2ccc(Cl)cc2)CC1. The maximum absolute atomic E-state index is 12.0. The highest BCUT2D eigenvalue weighted by Crippen LogP contribution is 2.19. The summed E-state index contributed by atoms with van der Waals surface area (Å²) in [5, 5.41) is 3.55. The third-order valence-electron chi connectivity index (χ3n) is 3.87. The second kappa shape index (κ2) is 7.07. The molecule has 1 aliphatic heterocycles. The molecule has 1 atom stereocenters. The van der Waals surface area contributed by atoms with E-state index in [2.05, 4.69) is 17.1 Å². The largest absolute Gasteiger partial charge is 0.328 e. The molecule has 0 bridgehead atoms. The molecule has 1 heterocycles. The highest BCUT2D eigenvalue weighted by molar-refractivity contribution is 6.30. The van der Waals surface area contributed by atoms with E-state index in [0.29, 0.717) is 17.5 Å². The fraction of sp³-hybridized carbons (Fsp3) is 0.533. The van der Waals surface area contributed by atoms with Gasteiger partial charge in [0.1, 0.15) is 0 Å². The Balaban J connectivity index is 1.77. The van der Waals surface area contributed by atoms with Gasteiger partial charge in [-0.15, -0.1) is 0 Å². The van der Waals surface area contributed by atoms with E-state index in [4.69, 9.17) is 17.3 Å². The molecule has 1 aliphatic rings. The number of benzene rings is 1. The lowest BCUT2D eigenvalue weighted by atomic mass is 9.91. The summed E-state index contributed by atoms with van der Waals surface area (Å²) in [5.74, 6) is 0.608. The number of amides is 1. The van der Waals surface area contributed by atoms with Crippen LogP contribution in [0.4, 0.5) is 5.69 Å². The normalized spacial score (nSPS) is 18.8.